The van der Waals surface area contributed by atoms with Crippen LogP contribution in [0, 0.1) is 5.82 Å². The topological polar surface area (TPSA) is 46.1 Å². The summed E-state index contributed by atoms with van der Waals surface area (Å²) >= 11 is 11.5. The van der Waals surface area contributed by atoms with Crippen LogP contribution < -0.4 is 4.90 Å². The molecule has 0 unspecified atom stereocenters. The van der Waals surface area contributed by atoms with Gasteiger partial charge < -0.3 is 4.90 Å². The molecule has 0 atom stereocenters. The molecule has 0 radical (unpaired) electrons. The third kappa shape index (κ3) is 3.00. The molecule has 7 heteroatoms. The monoisotopic (exact) mass is 299 g/mol. The smallest absolute Gasteiger partial charge is 0.261 e. The molecule has 0 fully saturated rings. The molecule has 2 rings (SSSR count). The first-order chi connectivity index (χ1) is 8.99. The van der Waals surface area contributed by atoms with Crippen LogP contribution in [0.25, 0.3) is 0 Å². The summed E-state index contributed by atoms with van der Waals surface area (Å²) in [6.07, 6.45) is 0. The lowest BCUT2D eigenvalue weighted by atomic mass is 10.2. The van der Waals surface area contributed by atoms with Gasteiger partial charge in [0.05, 0.1) is 5.56 Å². The van der Waals surface area contributed by atoms with Crippen molar-refractivity contribution in [3.63, 3.8) is 0 Å². The number of carbonyl (C=O) groups is 1. The van der Waals surface area contributed by atoms with E-state index in [0.717, 1.165) is 0 Å². The maximum atomic E-state index is 12.8. The average molecular weight is 300 g/mol. The molecule has 0 bridgehead atoms. The van der Waals surface area contributed by atoms with Crippen molar-refractivity contribution >= 4 is 34.8 Å². The summed E-state index contributed by atoms with van der Waals surface area (Å²) in [5.74, 6) is -0.787. The normalized spacial score (nSPS) is 10.3. The summed E-state index contributed by atoms with van der Waals surface area (Å²) in [7, 11) is 1.54. The third-order valence-electron chi connectivity index (χ3n) is 2.47. The molecule has 98 valence electrons. The summed E-state index contributed by atoms with van der Waals surface area (Å²) in [5.41, 5.74) is 0.656. The Kier molecular flexibility index (Phi) is 3.97. The van der Waals surface area contributed by atoms with Crippen molar-refractivity contribution in [1.29, 1.82) is 0 Å². The second kappa shape index (κ2) is 5.50. The predicted molar refractivity (Wildman–Crippen MR) is 71.2 cm³/mol. The Morgan fingerprint density at radius 3 is 2.47 bits per heavy atom. The standard InChI is InChI=1S/C12H8Cl2FN3O/c1-18(8-4-2-7(15)3-5-8)12(19)9-6-10(13)16-17-11(9)14/h2-6H,1H3. The summed E-state index contributed by atoms with van der Waals surface area (Å²) < 4.78 is 12.8. The molecule has 0 N–H and O–H groups in total. The van der Waals surface area contributed by atoms with E-state index >= 15 is 0 Å². The second-order valence-electron chi connectivity index (χ2n) is 3.71. The Hall–Kier alpha value is -1.72. The van der Waals surface area contributed by atoms with Crippen molar-refractivity contribution in [2.75, 3.05) is 11.9 Å². The molecule has 4 nitrogen and oxygen atoms in total. The Labute approximate surface area is 118 Å². The van der Waals surface area contributed by atoms with Crippen LogP contribution in [0.15, 0.2) is 30.3 Å². The van der Waals surface area contributed by atoms with Crippen molar-refractivity contribution in [3.8, 4) is 0 Å². The van der Waals surface area contributed by atoms with Crippen LogP contribution in [0.1, 0.15) is 10.4 Å². The fraction of sp³-hybridized carbons (Fsp3) is 0.0833. The maximum Gasteiger partial charge on any atom is 0.261 e. The molecular formula is C12H8Cl2FN3O. The lowest BCUT2D eigenvalue weighted by Gasteiger charge is -2.17. The zero-order valence-electron chi connectivity index (χ0n) is 9.77. The first kappa shape index (κ1) is 13.7. The highest BCUT2D eigenvalue weighted by atomic mass is 35.5. The van der Waals surface area contributed by atoms with E-state index in [1.807, 2.05) is 0 Å². The maximum absolute atomic E-state index is 12.8. The number of carbonyl (C=O) groups excluding carboxylic acids is 1. The number of nitrogens with zero attached hydrogens (tertiary/aromatic N) is 3. The summed E-state index contributed by atoms with van der Waals surface area (Å²) in [6.45, 7) is 0. The Balaban J connectivity index is 2.33. The SMILES string of the molecule is CN(C(=O)c1cc(Cl)nnc1Cl)c1ccc(F)cc1. The minimum Gasteiger partial charge on any atom is -0.311 e. The molecule has 1 aromatic carbocycles. The summed E-state index contributed by atoms with van der Waals surface area (Å²) in [6, 6.07) is 6.82. The van der Waals surface area contributed by atoms with E-state index in [2.05, 4.69) is 10.2 Å². The number of anilines is 1. The van der Waals surface area contributed by atoms with Crippen molar-refractivity contribution in [2.45, 2.75) is 0 Å². The van der Waals surface area contributed by atoms with Crippen molar-refractivity contribution < 1.29 is 9.18 Å². The van der Waals surface area contributed by atoms with Gasteiger partial charge in [0.25, 0.3) is 5.91 Å². The van der Waals surface area contributed by atoms with Gasteiger partial charge >= 0.3 is 0 Å². The van der Waals surface area contributed by atoms with Gasteiger partial charge in [-0.05, 0) is 30.3 Å². The zero-order valence-corrected chi connectivity index (χ0v) is 11.3. The number of hydrogen-bond donors (Lipinski definition) is 0. The van der Waals surface area contributed by atoms with Gasteiger partial charge in [-0.3, -0.25) is 4.79 Å². The molecule has 19 heavy (non-hydrogen) atoms. The van der Waals surface area contributed by atoms with Gasteiger partial charge in [0.1, 0.15) is 5.82 Å². The van der Waals surface area contributed by atoms with Crippen LogP contribution in [0.4, 0.5) is 10.1 Å². The minimum atomic E-state index is -0.409. The molecule has 0 saturated carbocycles. The van der Waals surface area contributed by atoms with Crippen molar-refractivity contribution in [2.24, 2.45) is 0 Å². The zero-order chi connectivity index (χ0) is 14.0. The van der Waals surface area contributed by atoms with E-state index in [1.165, 1.54) is 35.2 Å². The van der Waals surface area contributed by atoms with Crippen molar-refractivity contribution in [3.05, 3.63) is 52.0 Å². The molecule has 2 aromatic rings. The number of amides is 1. The van der Waals surface area contributed by atoms with Crippen LogP contribution in [0.5, 0.6) is 0 Å². The molecule has 1 amide bonds. The second-order valence-corrected chi connectivity index (χ2v) is 4.46. The van der Waals surface area contributed by atoms with Crippen molar-refractivity contribution in [1.82, 2.24) is 10.2 Å². The van der Waals surface area contributed by atoms with Gasteiger partial charge in [0.2, 0.25) is 0 Å². The molecule has 1 aromatic heterocycles. The van der Waals surface area contributed by atoms with E-state index < -0.39 is 5.91 Å². The van der Waals surface area contributed by atoms with E-state index in [0.29, 0.717) is 5.69 Å². The van der Waals surface area contributed by atoms with Crippen LogP contribution in [0.3, 0.4) is 0 Å². The molecular weight excluding hydrogens is 292 g/mol. The molecule has 0 aliphatic rings. The van der Waals surface area contributed by atoms with E-state index in [4.69, 9.17) is 23.2 Å². The molecule has 1 heterocycles. The Bertz CT molecular complexity index is 619. The van der Waals surface area contributed by atoms with E-state index in [1.54, 1.807) is 7.05 Å². The lowest BCUT2D eigenvalue weighted by molar-refractivity contribution is 0.0992. The van der Waals surface area contributed by atoms with Crippen LogP contribution in [-0.4, -0.2) is 23.2 Å². The molecule has 0 saturated heterocycles. The van der Waals surface area contributed by atoms with Gasteiger partial charge in [-0.25, -0.2) is 4.39 Å². The highest BCUT2D eigenvalue weighted by Crippen LogP contribution is 2.21. The highest BCUT2D eigenvalue weighted by molar-refractivity contribution is 6.34. The van der Waals surface area contributed by atoms with Gasteiger partial charge in [0, 0.05) is 12.7 Å². The number of rotatable bonds is 2. The molecule has 0 spiro atoms. The quantitative estimate of drug-likeness (QED) is 0.855. The Morgan fingerprint density at radius 1 is 1.21 bits per heavy atom. The van der Waals surface area contributed by atoms with Gasteiger partial charge in [-0.15, -0.1) is 10.2 Å². The average Bonchev–Trinajstić information content (AvgIpc) is 2.41. The summed E-state index contributed by atoms with van der Waals surface area (Å²) in [4.78, 5) is 13.5. The van der Waals surface area contributed by atoms with Gasteiger partial charge in [-0.1, -0.05) is 23.2 Å². The first-order valence-corrected chi connectivity index (χ1v) is 5.97. The lowest BCUT2D eigenvalue weighted by Crippen LogP contribution is -2.26. The number of hydrogen-bond acceptors (Lipinski definition) is 3. The molecule has 0 aliphatic carbocycles. The van der Waals surface area contributed by atoms with Gasteiger partial charge in [-0.2, -0.15) is 0 Å². The highest BCUT2D eigenvalue weighted by Gasteiger charge is 2.18. The van der Waals surface area contributed by atoms with E-state index in [-0.39, 0.29) is 21.7 Å². The number of benzene rings is 1. The third-order valence-corrected chi connectivity index (χ3v) is 2.93. The van der Waals surface area contributed by atoms with Crippen LogP contribution >= 0.6 is 23.2 Å². The Morgan fingerprint density at radius 2 is 1.84 bits per heavy atom. The largest absolute Gasteiger partial charge is 0.311 e. The van der Waals surface area contributed by atoms with Gasteiger partial charge in [0.15, 0.2) is 10.3 Å². The fourth-order valence-corrected chi connectivity index (χ4v) is 1.79. The predicted octanol–water partition coefficient (Wildman–Crippen LogP) is 3.20. The number of aromatic nitrogens is 2. The van der Waals surface area contributed by atoms with Crippen LogP contribution in [0.2, 0.25) is 10.3 Å². The number of halogens is 3. The van der Waals surface area contributed by atoms with Crippen LogP contribution in [-0.2, 0) is 0 Å². The van der Waals surface area contributed by atoms with E-state index in [9.17, 15) is 9.18 Å². The minimum absolute atomic E-state index is 0.0386. The first-order valence-electron chi connectivity index (χ1n) is 5.21. The fourth-order valence-electron chi connectivity index (χ4n) is 1.47. The summed E-state index contributed by atoms with van der Waals surface area (Å²) in [5, 5.41) is 7.13. The molecule has 0 aliphatic heterocycles.